The topological polar surface area (TPSA) is 59.3 Å². The predicted octanol–water partition coefficient (Wildman–Crippen LogP) is 4.38. The zero-order valence-corrected chi connectivity index (χ0v) is 14.2. The van der Waals surface area contributed by atoms with Crippen LogP contribution in [0.25, 0.3) is 12.3 Å². The van der Waals surface area contributed by atoms with Crippen molar-refractivity contribution in [3.05, 3.63) is 67.6 Å². The molecule has 0 fully saturated rings. The molecule has 0 aliphatic heterocycles. The summed E-state index contributed by atoms with van der Waals surface area (Å²) in [6.45, 7) is 0. The summed E-state index contributed by atoms with van der Waals surface area (Å²) in [6.07, 6.45) is 3.22. The molecule has 0 bridgehead atoms. The Labute approximate surface area is 144 Å². The summed E-state index contributed by atoms with van der Waals surface area (Å²) in [5.41, 5.74) is 1.14. The Kier molecular flexibility index (Phi) is 5.45. The van der Waals surface area contributed by atoms with E-state index in [2.05, 4.69) is 15.9 Å². The van der Waals surface area contributed by atoms with E-state index in [4.69, 9.17) is 28.3 Å². The van der Waals surface area contributed by atoms with Gasteiger partial charge in [-0.15, -0.1) is 0 Å². The highest BCUT2D eigenvalue weighted by molar-refractivity contribution is 9.08. The third kappa shape index (κ3) is 3.61. The van der Waals surface area contributed by atoms with Crippen molar-refractivity contribution in [3.63, 3.8) is 0 Å². The third-order valence-corrected chi connectivity index (χ3v) is 4.07. The van der Waals surface area contributed by atoms with Gasteiger partial charge in [0.15, 0.2) is 0 Å². The van der Waals surface area contributed by atoms with Crippen LogP contribution in [0.3, 0.4) is 0 Å². The van der Waals surface area contributed by atoms with Gasteiger partial charge >= 0.3 is 5.97 Å². The first kappa shape index (κ1) is 16.8. The summed E-state index contributed by atoms with van der Waals surface area (Å²) >= 11 is 15.2. The Balaban J connectivity index is 2.42. The number of aromatic nitrogens is 1. The molecule has 7 heteroatoms. The van der Waals surface area contributed by atoms with E-state index in [1.165, 1.54) is 22.8 Å². The molecule has 0 saturated carbocycles. The van der Waals surface area contributed by atoms with Crippen molar-refractivity contribution < 1.29 is 9.90 Å². The average Bonchev–Trinajstić information content (AvgIpc) is 2.49. The van der Waals surface area contributed by atoms with Crippen LogP contribution in [-0.4, -0.2) is 15.6 Å². The van der Waals surface area contributed by atoms with Crippen molar-refractivity contribution in [2.24, 2.45) is 0 Å². The fourth-order valence-corrected chi connectivity index (χ4v) is 3.05. The third-order valence-electron chi connectivity index (χ3n) is 2.94. The Bertz CT molecular complexity index is 798. The molecule has 1 aromatic carbocycles. The van der Waals surface area contributed by atoms with Crippen LogP contribution in [0.15, 0.2) is 35.1 Å². The van der Waals surface area contributed by atoms with Crippen LogP contribution in [0, 0.1) is 0 Å². The molecular weight excluding hydrogens is 393 g/mol. The van der Waals surface area contributed by atoms with Crippen molar-refractivity contribution in [1.29, 1.82) is 0 Å². The Morgan fingerprint density at radius 1 is 1.23 bits per heavy atom. The number of halogens is 3. The molecular formula is C15H10BrCl2NO3. The first-order chi connectivity index (χ1) is 10.4. The van der Waals surface area contributed by atoms with E-state index in [9.17, 15) is 9.59 Å². The molecule has 114 valence electrons. The summed E-state index contributed by atoms with van der Waals surface area (Å²) in [5, 5.41) is 9.65. The maximum atomic E-state index is 12.1. The number of nitrogens with zero attached hydrogens (tertiary/aromatic N) is 1. The van der Waals surface area contributed by atoms with Crippen LogP contribution in [0.5, 0.6) is 0 Å². The van der Waals surface area contributed by atoms with E-state index in [0.717, 1.165) is 5.56 Å². The van der Waals surface area contributed by atoms with Crippen LogP contribution in [0.1, 0.15) is 21.6 Å². The number of carboxylic acids is 1. The van der Waals surface area contributed by atoms with Gasteiger partial charge < -0.3 is 5.11 Å². The standard InChI is InChI=1S/C15H10BrCl2NO3/c16-8-13-11(17)7-12(18)14(20)19(13)6-5-9-1-3-10(4-2-9)15(21)22/h1-7H,8H2,(H,21,22)/b6-5+. The molecule has 0 radical (unpaired) electrons. The molecule has 4 nitrogen and oxygen atoms in total. The van der Waals surface area contributed by atoms with Crippen LogP contribution in [0.2, 0.25) is 10.0 Å². The minimum atomic E-state index is -0.991. The summed E-state index contributed by atoms with van der Waals surface area (Å²) in [7, 11) is 0. The molecule has 0 amide bonds. The number of benzene rings is 1. The maximum Gasteiger partial charge on any atom is 0.335 e. The average molecular weight is 403 g/mol. The number of aromatic carboxylic acids is 1. The van der Waals surface area contributed by atoms with E-state index in [1.807, 2.05) is 0 Å². The number of hydrogen-bond acceptors (Lipinski definition) is 2. The fraction of sp³-hybridized carbons (Fsp3) is 0.0667. The van der Waals surface area contributed by atoms with Gasteiger partial charge in [0.05, 0.1) is 16.3 Å². The second kappa shape index (κ2) is 7.13. The smallest absolute Gasteiger partial charge is 0.335 e. The molecule has 0 saturated heterocycles. The summed E-state index contributed by atoms with van der Waals surface area (Å²) in [6, 6.07) is 7.67. The minimum absolute atomic E-state index is 0.0283. The highest BCUT2D eigenvalue weighted by Crippen LogP contribution is 2.21. The number of alkyl halides is 1. The largest absolute Gasteiger partial charge is 0.478 e. The molecule has 2 rings (SSSR count). The van der Waals surface area contributed by atoms with Gasteiger partial charge in [-0.3, -0.25) is 9.36 Å². The minimum Gasteiger partial charge on any atom is -0.478 e. The molecule has 0 spiro atoms. The lowest BCUT2D eigenvalue weighted by Crippen LogP contribution is -2.19. The molecule has 2 aromatic rings. The molecule has 0 unspecified atom stereocenters. The van der Waals surface area contributed by atoms with E-state index in [1.54, 1.807) is 24.4 Å². The summed E-state index contributed by atoms with van der Waals surface area (Å²) in [4.78, 5) is 22.9. The van der Waals surface area contributed by atoms with Gasteiger partial charge in [0.1, 0.15) is 5.02 Å². The number of hydrogen-bond donors (Lipinski definition) is 1. The second-order valence-electron chi connectivity index (χ2n) is 4.34. The Morgan fingerprint density at radius 3 is 2.41 bits per heavy atom. The van der Waals surface area contributed by atoms with E-state index in [0.29, 0.717) is 16.0 Å². The molecule has 0 atom stereocenters. The normalized spacial score (nSPS) is 11.0. The van der Waals surface area contributed by atoms with Crippen molar-refractivity contribution in [1.82, 2.24) is 4.57 Å². The molecule has 1 heterocycles. The van der Waals surface area contributed by atoms with Gasteiger partial charge in [-0.2, -0.15) is 0 Å². The number of carboxylic acid groups (broad SMARTS) is 1. The second-order valence-corrected chi connectivity index (χ2v) is 5.71. The highest BCUT2D eigenvalue weighted by atomic mass is 79.9. The predicted molar refractivity (Wildman–Crippen MR) is 92.0 cm³/mol. The summed E-state index contributed by atoms with van der Waals surface area (Å²) in [5.74, 6) is -0.991. The van der Waals surface area contributed by atoms with Gasteiger partial charge in [0.2, 0.25) is 0 Å². The lowest BCUT2D eigenvalue weighted by Gasteiger charge is -2.09. The van der Waals surface area contributed by atoms with E-state index >= 15 is 0 Å². The van der Waals surface area contributed by atoms with E-state index in [-0.39, 0.29) is 16.1 Å². The van der Waals surface area contributed by atoms with E-state index < -0.39 is 5.97 Å². The molecule has 1 N–H and O–H groups in total. The first-order valence-electron chi connectivity index (χ1n) is 6.11. The number of carbonyl (C=O) groups is 1. The first-order valence-corrected chi connectivity index (χ1v) is 7.98. The lowest BCUT2D eigenvalue weighted by molar-refractivity contribution is 0.0697. The van der Waals surface area contributed by atoms with Crippen molar-refractivity contribution in [2.45, 2.75) is 5.33 Å². The van der Waals surface area contributed by atoms with Crippen molar-refractivity contribution in [3.8, 4) is 0 Å². The van der Waals surface area contributed by atoms with Crippen LogP contribution in [-0.2, 0) is 5.33 Å². The maximum absolute atomic E-state index is 12.1. The SMILES string of the molecule is O=C(O)c1ccc(/C=C/n2c(CBr)c(Cl)cc(Cl)c2=O)cc1. The Morgan fingerprint density at radius 2 is 1.86 bits per heavy atom. The molecule has 1 aromatic heterocycles. The van der Waals surface area contributed by atoms with Gasteiger partial charge in [-0.25, -0.2) is 4.79 Å². The van der Waals surface area contributed by atoms with Gasteiger partial charge in [-0.05, 0) is 29.8 Å². The molecule has 22 heavy (non-hydrogen) atoms. The van der Waals surface area contributed by atoms with Gasteiger partial charge in [0, 0.05) is 11.5 Å². The number of rotatable bonds is 4. The Hall–Kier alpha value is -1.56. The summed E-state index contributed by atoms with van der Waals surface area (Å²) < 4.78 is 1.35. The number of pyridine rings is 1. The lowest BCUT2D eigenvalue weighted by atomic mass is 10.1. The van der Waals surface area contributed by atoms with Crippen LogP contribution in [0.4, 0.5) is 0 Å². The van der Waals surface area contributed by atoms with Crippen LogP contribution < -0.4 is 5.56 Å². The fourth-order valence-electron chi connectivity index (χ4n) is 1.79. The quantitative estimate of drug-likeness (QED) is 0.772. The zero-order valence-electron chi connectivity index (χ0n) is 11.1. The highest BCUT2D eigenvalue weighted by Gasteiger charge is 2.10. The monoisotopic (exact) mass is 401 g/mol. The van der Waals surface area contributed by atoms with Gasteiger partial charge in [0.25, 0.3) is 5.56 Å². The van der Waals surface area contributed by atoms with Crippen LogP contribution >= 0.6 is 39.1 Å². The molecule has 0 aliphatic rings. The van der Waals surface area contributed by atoms with Crippen molar-refractivity contribution in [2.75, 3.05) is 0 Å². The zero-order chi connectivity index (χ0) is 16.3. The van der Waals surface area contributed by atoms with Gasteiger partial charge in [-0.1, -0.05) is 51.3 Å². The van der Waals surface area contributed by atoms with Crippen molar-refractivity contribution >= 4 is 57.4 Å². The molecule has 0 aliphatic carbocycles.